The van der Waals surface area contributed by atoms with Gasteiger partial charge < -0.3 is 20.9 Å². The highest BCUT2D eigenvalue weighted by Crippen LogP contribution is 2.36. The zero-order valence-electron chi connectivity index (χ0n) is 28.6. The first-order valence-corrected chi connectivity index (χ1v) is 15.4. The first-order valence-electron chi connectivity index (χ1n) is 15.4. The third-order valence-corrected chi connectivity index (χ3v) is 8.19. The number of nitrogens with zero attached hydrogens (tertiary/aromatic N) is 5. The first-order chi connectivity index (χ1) is 17.9. The summed E-state index contributed by atoms with van der Waals surface area (Å²) in [6.45, 7) is 32.7. The Labute approximate surface area is 261 Å². The lowest BCUT2D eigenvalue weighted by Gasteiger charge is -2.52. The SMILES string of the molecule is C.C.Cc1nc(NC(C)(C)CC(C)(C)C)nc(N(CN(C)C2CC(C)(C)NC(C)(C)C2)C2CC(C)(C)NC(C)(C)C2)n1. The monoisotopic (exact) mass is 591 g/mol. The lowest BCUT2D eigenvalue weighted by Crippen LogP contribution is -2.65. The molecule has 246 valence electrons. The minimum absolute atomic E-state index is 0. The van der Waals surface area contributed by atoms with Crippen LogP contribution in [0.1, 0.15) is 143 Å². The van der Waals surface area contributed by atoms with Crippen molar-refractivity contribution in [2.24, 2.45) is 5.41 Å². The molecule has 2 aliphatic heterocycles. The topological polar surface area (TPSA) is 81.2 Å². The summed E-state index contributed by atoms with van der Waals surface area (Å²) in [7, 11) is 2.28. The van der Waals surface area contributed by atoms with Gasteiger partial charge in [0.15, 0.2) is 0 Å². The van der Waals surface area contributed by atoms with E-state index in [9.17, 15) is 0 Å². The molecule has 8 heteroatoms. The highest BCUT2D eigenvalue weighted by molar-refractivity contribution is 5.40. The van der Waals surface area contributed by atoms with Gasteiger partial charge in [0.25, 0.3) is 0 Å². The van der Waals surface area contributed by atoms with Gasteiger partial charge in [0.1, 0.15) is 5.82 Å². The second kappa shape index (κ2) is 12.8. The van der Waals surface area contributed by atoms with Gasteiger partial charge in [-0.15, -0.1) is 0 Å². The third kappa shape index (κ3) is 11.2. The maximum absolute atomic E-state index is 5.11. The van der Waals surface area contributed by atoms with Gasteiger partial charge in [-0.2, -0.15) is 15.0 Å². The van der Waals surface area contributed by atoms with E-state index in [-0.39, 0.29) is 48.0 Å². The molecular weight excluding hydrogens is 520 g/mol. The average Bonchev–Trinajstić information content (AvgIpc) is 2.64. The molecule has 42 heavy (non-hydrogen) atoms. The van der Waals surface area contributed by atoms with E-state index in [2.05, 4.69) is 123 Å². The smallest absolute Gasteiger partial charge is 0.231 e. The molecule has 0 radical (unpaired) electrons. The highest BCUT2D eigenvalue weighted by atomic mass is 15.4. The van der Waals surface area contributed by atoms with Gasteiger partial charge in [0.05, 0.1) is 6.67 Å². The zero-order chi connectivity index (χ0) is 30.5. The summed E-state index contributed by atoms with van der Waals surface area (Å²) in [5, 5.41) is 11.4. The van der Waals surface area contributed by atoms with Gasteiger partial charge >= 0.3 is 0 Å². The van der Waals surface area contributed by atoms with Crippen molar-refractivity contribution >= 4 is 11.9 Å². The quantitative estimate of drug-likeness (QED) is 0.270. The Morgan fingerprint density at radius 3 is 1.60 bits per heavy atom. The molecule has 0 aliphatic carbocycles. The van der Waals surface area contributed by atoms with E-state index in [1.165, 1.54) is 0 Å². The molecule has 1 aromatic rings. The van der Waals surface area contributed by atoms with Crippen LogP contribution < -0.4 is 20.9 Å². The third-order valence-electron chi connectivity index (χ3n) is 8.19. The van der Waals surface area contributed by atoms with E-state index in [1.54, 1.807) is 0 Å². The van der Waals surface area contributed by atoms with Gasteiger partial charge in [0, 0.05) is 39.8 Å². The van der Waals surface area contributed by atoms with Crippen molar-refractivity contribution in [2.75, 3.05) is 23.9 Å². The number of aromatic nitrogens is 3. The van der Waals surface area contributed by atoms with E-state index in [0.29, 0.717) is 18.0 Å². The van der Waals surface area contributed by atoms with E-state index in [4.69, 9.17) is 15.0 Å². The molecule has 8 nitrogen and oxygen atoms in total. The van der Waals surface area contributed by atoms with Crippen molar-refractivity contribution < 1.29 is 0 Å². The molecule has 2 fully saturated rings. The second-order valence-corrected chi connectivity index (χ2v) is 17.5. The molecule has 2 saturated heterocycles. The highest BCUT2D eigenvalue weighted by Gasteiger charge is 2.43. The van der Waals surface area contributed by atoms with Crippen molar-refractivity contribution in [3.05, 3.63) is 5.82 Å². The molecule has 0 atom stereocenters. The second-order valence-electron chi connectivity index (χ2n) is 17.5. The Morgan fingerprint density at radius 2 is 1.17 bits per heavy atom. The Bertz CT molecular complexity index is 989. The van der Waals surface area contributed by atoms with Crippen LogP contribution >= 0.6 is 0 Å². The number of aryl methyl sites for hydroxylation is 1. The van der Waals surface area contributed by atoms with Crippen molar-refractivity contribution in [3.8, 4) is 0 Å². The lowest BCUT2D eigenvalue weighted by atomic mass is 9.78. The fourth-order valence-electron chi connectivity index (χ4n) is 8.09. The molecule has 0 unspecified atom stereocenters. The van der Waals surface area contributed by atoms with Gasteiger partial charge in [0.2, 0.25) is 11.9 Å². The minimum atomic E-state index is -0.143. The summed E-state index contributed by atoms with van der Waals surface area (Å²) in [5.74, 6) is 2.20. The van der Waals surface area contributed by atoms with Crippen LogP contribution in [0.2, 0.25) is 0 Å². The van der Waals surface area contributed by atoms with Crippen molar-refractivity contribution in [1.29, 1.82) is 0 Å². The summed E-state index contributed by atoms with van der Waals surface area (Å²) in [6, 6.07) is 0.761. The van der Waals surface area contributed by atoms with Crippen molar-refractivity contribution in [1.82, 2.24) is 30.5 Å². The van der Waals surface area contributed by atoms with Crippen LogP contribution in [-0.4, -0.2) is 73.3 Å². The predicted octanol–water partition coefficient (Wildman–Crippen LogP) is 7.39. The molecule has 0 saturated carbocycles. The molecule has 3 N–H and O–H groups in total. The Balaban J connectivity index is 0.00000441. The summed E-state index contributed by atoms with van der Waals surface area (Å²) in [6.07, 6.45) is 5.26. The maximum Gasteiger partial charge on any atom is 0.231 e. The van der Waals surface area contributed by atoms with Crippen LogP contribution in [0.5, 0.6) is 0 Å². The molecule has 0 bridgehead atoms. The minimum Gasteiger partial charge on any atom is -0.349 e. The van der Waals surface area contributed by atoms with Crippen molar-refractivity contribution in [3.63, 3.8) is 0 Å². The number of anilines is 2. The standard InChI is InChI=1S/C32H62N8.2CH4/c1-22-33-25(36-32(13,14)20-27(2,3)4)35-26(34-22)40(24-18-30(9,10)38-31(11,12)19-24)21-39(15)23-16-28(5,6)37-29(7,8)17-23;;/h23-24,37-38H,16-21H2,1-15H3,(H,33,34,35,36);2*1H4. The lowest BCUT2D eigenvalue weighted by molar-refractivity contribution is 0.0757. The summed E-state index contributed by atoms with van der Waals surface area (Å²) in [5.41, 5.74) is 0.252. The molecule has 0 spiro atoms. The summed E-state index contributed by atoms with van der Waals surface area (Å²) >= 11 is 0. The molecule has 1 aromatic heterocycles. The van der Waals surface area contributed by atoms with Gasteiger partial charge in [-0.1, -0.05) is 35.6 Å². The summed E-state index contributed by atoms with van der Waals surface area (Å²) in [4.78, 5) is 19.8. The van der Waals surface area contributed by atoms with Gasteiger partial charge in [-0.05, 0) is 121 Å². The number of hydrogen-bond acceptors (Lipinski definition) is 8. The van der Waals surface area contributed by atoms with Gasteiger partial charge in [-0.3, -0.25) is 4.90 Å². The van der Waals surface area contributed by atoms with Crippen LogP contribution in [0.4, 0.5) is 11.9 Å². The van der Waals surface area contributed by atoms with Crippen LogP contribution in [0.25, 0.3) is 0 Å². The van der Waals surface area contributed by atoms with E-state index in [1.807, 2.05) is 6.92 Å². The Kier molecular flexibility index (Phi) is 11.8. The van der Waals surface area contributed by atoms with Crippen LogP contribution in [0, 0.1) is 12.3 Å². The molecule has 2 aliphatic rings. The van der Waals surface area contributed by atoms with Crippen LogP contribution in [-0.2, 0) is 0 Å². The first kappa shape index (κ1) is 38.5. The maximum atomic E-state index is 5.11. The molecule has 0 aromatic carbocycles. The molecule has 3 heterocycles. The number of rotatable bonds is 8. The van der Waals surface area contributed by atoms with Crippen molar-refractivity contribution in [2.45, 2.75) is 184 Å². The molecule has 3 rings (SSSR count). The number of piperidine rings is 2. The Morgan fingerprint density at radius 1 is 0.738 bits per heavy atom. The van der Waals surface area contributed by atoms with E-state index < -0.39 is 0 Å². The average molecular weight is 591 g/mol. The van der Waals surface area contributed by atoms with Gasteiger partial charge in [-0.25, -0.2) is 0 Å². The fourth-order valence-corrected chi connectivity index (χ4v) is 8.09. The normalized spacial score (nSPS) is 22.2. The van der Waals surface area contributed by atoms with Crippen LogP contribution in [0.3, 0.4) is 0 Å². The zero-order valence-corrected chi connectivity index (χ0v) is 28.6. The number of nitrogens with one attached hydrogen (secondary N) is 3. The Hall–Kier alpha value is -1.51. The fraction of sp³-hybridized carbons (Fsp3) is 0.912. The van der Waals surface area contributed by atoms with E-state index in [0.717, 1.165) is 50.5 Å². The largest absolute Gasteiger partial charge is 0.349 e. The predicted molar refractivity (Wildman–Crippen MR) is 184 cm³/mol. The molecule has 0 amide bonds. The number of hydrogen-bond donors (Lipinski definition) is 3. The summed E-state index contributed by atoms with van der Waals surface area (Å²) < 4.78 is 0. The van der Waals surface area contributed by atoms with Crippen LogP contribution in [0.15, 0.2) is 0 Å². The molecular formula is C34H70N8. The van der Waals surface area contributed by atoms with E-state index >= 15 is 0 Å².